The van der Waals surface area contributed by atoms with Gasteiger partial charge in [0.25, 0.3) is 0 Å². The first-order valence-corrected chi connectivity index (χ1v) is 7.30. The fourth-order valence-electron chi connectivity index (χ4n) is 2.47. The van der Waals surface area contributed by atoms with Gasteiger partial charge in [-0.3, -0.25) is 0 Å². The van der Waals surface area contributed by atoms with E-state index in [1.807, 2.05) is 18.2 Å². The van der Waals surface area contributed by atoms with Crippen LogP contribution in [0.3, 0.4) is 0 Å². The molecule has 0 aliphatic heterocycles. The lowest BCUT2D eigenvalue weighted by atomic mass is 10.0. The summed E-state index contributed by atoms with van der Waals surface area (Å²) in [6.07, 6.45) is 2.75. The minimum absolute atomic E-state index is 0.0216. The van der Waals surface area contributed by atoms with E-state index >= 15 is 0 Å². The molecule has 3 rings (SSSR count). The second-order valence-corrected chi connectivity index (χ2v) is 5.06. The summed E-state index contributed by atoms with van der Waals surface area (Å²) in [4.78, 5) is 0. The number of anilines is 1. The van der Waals surface area contributed by atoms with Gasteiger partial charge in [-0.15, -0.1) is 0 Å². The zero-order valence-corrected chi connectivity index (χ0v) is 12.1. The number of furan rings is 1. The number of rotatable bonds is 5. The molecule has 0 radical (unpaired) electrons. The molecule has 2 aromatic carbocycles. The van der Waals surface area contributed by atoms with Crippen LogP contribution >= 0.6 is 0 Å². The summed E-state index contributed by atoms with van der Waals surface area (Å²) in [5.41, 5.74) is 3.63. The Labute approximate surface area is 125 Å². The van der Waals surface area contributed by atoms with Gasteiger partial charge < -0.3 is 9.73 Å². The van der Waals surface area contributed by atoms with E-state index in [9.17, 15) is 0 Å². The third-order valence-electron chi connectivity index (χ3n) is 3.61. The number of aryl methyl sites for hydroxylation is 1. The lowest BCUT2D eigenvalue weighted by Crippen LogP contribution is -2.11. The molecule has 1 aromatic heterocycles. The van der Waals surface area contributed by atoms with Gasteiger partial charge >= 0.3 is 0 Å². The molecule has 0 aliphatic rings. The summed E-state index contributed by atoms with van der Waals surface area (Å²) in [6.45, 7) is 2.17. The maximum Gasteiger partial charge on any atom is 0.130 e. The Bertz CT molecular complexity index is 674. The highest BCUT2D eigenvalue weighted by molar-refractivity contribution is 5.49. The van der Waals surface area contributed by atoms with E-state index in [0.717, 1.165) is 17.9 Å². The van der Waals surface area contributed by atoms with E-state index in [-0.39, 0.29) is 6.04 Å². The van der Waals surface area contributed by atoms with Gasteiger partial charge in [-0.25, -0.2) is 0 Å². The Hall–Kier alpha value is -2.48. The molecule has 0 saturated carbocycles. The molecule has 2 heteroatoms. The van der Waals surface area contributed by atoms with Crippen molar-refractivity contribution >= 4 is 5.69 Å². The topological polar surface area (TPSA) is 25.2 Å². The molecular formula is C19H19NO. The van der Waals surface area contributed by atoms with Crippen molar-refractivity contribution in [3.63, 3.8) is 0 Å². The largest absolute Gasteiger partial charge is 0.467 e. The van der Waals surface area contributed by atoms with E-state index in [1.54, 1.807) is 6.26 Å². The SMILES string of the molecule is CCc1cccc(NC(c2ccccc2)c2ccco2)c1. The predicted molar refractivity (Wildman–Crippen MR) is 86.4 cm³/mol. The van der Waals surface area contributed by atoms with E-state index in [2.05, 4.69) is 60.8 Å². The van der Waals surface area contributed by atoms with Crippen LogP contribution in [0.1, 0.15) is 29.9 Å². The standard InChI is InChI=1S/C19H19NO/c1-2-15-8-6-11-17(14-15)20-19(18-12-7-13-21-18)16-9-4-3-5-10-16/h3-14,19-20H,2H2,1H3. The van der Waals surface area contributed by atoms with Crippen LogP contribution in [0, 0.1) is 0 Å². The molecule has 21 heavy (non-hydrogen) atoms. The van der Waals surface area contributed by atoms with Crippen LogP contribution in [-0.4, -0.2) is 0 Å². The number of hydrogen-bond acceptors (Lipinski definition) is 2. The average Bonchev–Trinajstić information content (AvgIpc) is 3.08. The third-order valence-corrected chi connectivity index (χ3v) is 3.61. The highest BCUT2D eigenvalue weighted by atomic mass is 16.3. The molecule has 0 bridgehead atoms. The van der Waals surface area contributed by atoms with Gasteiger partial charge in [0, 0.05) is 5.69 Å². The Balaban J connectivity index is 1.93. The quantitative estimate of drug-likeness (QED) is 0.706. The molecule has 1 unspecified atom stereocenters. The molecule has 3 aromatic rings. The number of benzene rings is 2. The molecule has 1 heterocycles. The first-order valence-electron chi connectivity index (χ1n) is 7.30. The number of nitrogens with one attached hydrogen (secondary N) is 1. The molecule has 0 spiro atoms. The predicted octanol–water partition coefficient (Wildman–Crippen LogP) is 5.04. The van der Waals surface area contributed by atoms with Gasteiger partial charge in [-0.2, -0.15) is 0 Å². The van der Waals surface area contributed by atoms with Crippen LogP contribution in [0.5, 0.6) is 0 Å². The van der Waals surface area contributed by atoms with Crippen molar-refractivity contribution in [2.75, 3.05) is 5.32 Å². The Morgan fingerprint density at radius 2 is 1.81 bits per heavy atom. The Morgan fingerprint density at radius 1 is 0.952 bits per heavy atom. The van der Waals surface area contributed by atoms with Crippen LogP contribution in [-0.2, 0) is 6.42 Å². The van der Waals surface area contributed by atoms with Crippen molar-refractivity contribution in [3.8, 4) is 0 Å². The monoisotopic (exact) mass is 277 g/mol. The van der Waals surface area contributed by atoms with Crippen LogP contribution in [0.4, 0.5) is 5.69 Å². The highest BCUT2D eigenvalue weighted by Gasteiger charge is 2.16. The molecule has 106 valence electrons. The molecule has 2 nitrogen and oxygen atoms in total. The van der Waals surface area contributed by atoms with Gasteiger partial charge in [0.15, 0.2) is 0 Å². The Morgan fingerprint density at radius 3 is 2.52 bits per heavy atom. The van der Waals surface area contributed by atoms with Crippen molar-refractivity contribution in [3.05, 3.63) is 89.9 Å². The Kier molecular flexibility index (Phi) is 4.06. The van der Waals surface area contributed by atoms with Crippen LogP contribution < -0.4 is 5.32 Å². The van der Waals surface area contributed by atoms with Crippen molar-refractivity contribution < 1.29 is 4.42 Å². The van der Waals surface area contributed by atoms with E-state index in [0.29, 0.717) is 0 Å². The van der Waals surface area contributed by atoms with Crippen molar-refractivity contribution in [1.82, 2.24) is 0 Å². The lowest BCUT2D eigenvalue weighted by molar-refractivity contribution is 0.499. The average molecular weight is 277 g/mol. The second kappa shape index (κ2) is 6.31. The van der Waals surface area contributed by atoms with Gasteiger partial charge in [0.05, 0.1) is 6.26 Å². The third kappa shape index (κ3) is 3.16. The van der Waals surface area contributed by atoms with Crippen molar-refractivity contribution in [2.45, 2.75) is 19.4 Å². The molecule has 1 atom stereocenters. The smallest absolute Gasteiger partial charge is 0.130 e. The zero-order valence-electron chi connectivity index (χ0n) is 12.1. The maximum absolute atomic E-state index is 5.62. The summed E-state index contributed by atoms with van der Waals surface area (Å²) >= 11 is 0. The van der Waals surface area contributed by atoms with Crippen LogP contribution in [0.25, 0.3) is 0 Å². The fraction of sp³-hybridized carbons (Fsp3) is 0.158. The summed E-state index contributed by atoms with van der Waals surface area (Å²) in [5, 5.41) is 3.58. The highest BCUT2D eigenvalue weighted by Crippen LogP contribution is 2.27. The number of hydrogen-bond donors (Lipinski definition) is 1. The molecule has 0 amide bonds. The van der Waals surface area contributed by atoms with Crippen molar-refractivity contribution in [1.29, 1.82) is 0 Å². The summed E-state index contributed by atoms with van der Waals surface area (Å²) in [6, 6.07) is 22.8. The van der Waals surface area contributed by atoms with E-state index in [1.165, 1.54) is 11.1 Å². The lowest BCUT2D eigenvalue weighted by Gasteiger charge is -2.19. The van der Waals surface area contributed by atoms with Crippen LogP contribution in [0.2, 0.25) is 0 Å². The van der Waals surface area contributed by atoms with Gasteiger partial charge in [0.1, 0.15) is 11.8 Å². The fourth-order valence-corrected chi connectivity index (χ4v) is 2.47. The van der Waals surface area contributed by atoms with Gasteiger partial charge in [-0.1, -0.05) is 49.4 Å². The van der Waals surface area contributed by atoms with Gasteiger partial charge in [0.2, 0.25) is 0 Å². The molecule has 0 aliphatic carbocycles. The summed E-state index contributed by atoms with van der Waals surface area (Å²) in [5.74, 6) is 0.920. The minimum Gasteiger partial charge on any atom is -0.467 e. The normalized spacial score (nSPS) is 12.0. The molecule has 0 saturated heterocycles. The molecule has 1 N–H and O–H groups in total. The van der Waals surface area contributed by atoms with E-state index in [4.69, 9.17) is 4.42 Å². The second-order valence-electron chi connectivity index (χ2n) is 5.06. The molecule has 0 fully saturated rings. The summed E-state index contributed by atoms with van der Waals surface area (Å²) < 4.78 is 5.62. The minimum atomic E-state index is 0.0216. The summed E-state index contributed by atoms with van der Waals surface area (Å²) in [7, 11) is 0. The van der Waals surface area contributed by atoms with Crippen molar-refractivity contribution in [2.24, 2.45) is 0 Å². The maximum atomic E-state index is 5.62. The first kappa shape index (κ1) is 13.5. The zero-order chi connectivity index (χ0) is 14.5. The first-order chi connectivity index (χ1) is 10.4. The van der Waals surface area contributed by atoms with Crippen LogP contribution in [0.15, 0.2) is 77.4 Å². The molecular weight excluding hydrogens is 258 g/mol. The van der Waals surface area contributed by atoms with E-state index < -0.39 is 0 Å². The van der Waals surface area contributed by atoms with Gasteiger partial charge in [-0.05, 0) is 41.8 Å².